The van der Waals surface area contributed by atoms with E-state index in [-0.39, 0.29) is 5.91 Å². The zero-order valence-corrected chi connectivity index (χ0v) is 19.8. The van der Waals surface area contributed by atoms with Gasteiger partial charge in [0.05, 0.1) is 17.5 Å². The summed E-state index contributed by atoms with van der Waals surface area (Å²) in [5.74, 6) is 0.815. The maximum Gasteiger partial charge on any atom is 0.255 e. The molecule has 0 aliphatic carbocycles. The summed E-state index contributed by atoms with van der Waals surface area (Å²) < 4.78 is 2.64. The van der Waals surface area contributed by atoms with Crippen molar-refractivity contribution in [2.75, 3.05) is 10.6 Å². The second-order valence-electron chi connectivity index (χ2n) is 7.53. The predicted molar refractivity (Wildman–Crippen MR) is 132 cm³/mol. The lowest BCUT2D eigenvalue weighted by Crippen LogP contribution is -2.31. The minimum absolute atomic E-state index is 0.247. The van der Waals surface area contributed by atoms with Gasteiger partial charge in [-0.05, 0) is 48.9 Å². The number of halogens is 2. The van der Waals surface area contributed by atoms with Crippen molar-refractivity contribution in [3.05, 3.63) is 99.4 Å². The van der Waals surface area contributed by atoms with Gasteiger partial charge in [-0.25, -0.2) is 4.68 Å². The van der Waals surface area contributed by atoms with E-state index in [2.05, 4.69) is 36.5 Å². The van der Waals surface area contributed by atoms with Crippen molar-refractivity contribution in [3.63, 3.8) is 0 Å². The molecular weight excluding hydrogens is 504 g/mol. The highest BCUT2D eigenvalue weighted by Crippen LogP contribution is 2.37. The highest BCUT2D eigenvalue weighted by Gasteiger charge is 2.34. The third-order valence-corrected chi connectivity index (χ3v) is 5.99. The number of amides is 1. The fourth-order valence-corrected chi connectivity index (χ4v) is 4.42. The van der Waals surface area contributed by atoms with Gasteiger partial charge in [-0.2, -0.15) is 4.98 Å². The molecule has 2 aromatic carbocycles. The van der Waals surface area contributed by atoms with Crippen LogP contribution in [-0.4, -0.2) is 25.7 Å². The number of benzene rings is 2. The Morgan fingerprint density at radius 3 is 2.76 bits per heavy atom. The van der Waals surface area contributed by atoms with E-state index >= 15 is 0 Å². The second kappa shape index (κ2) is 8.80. The zero-order valence-electron chi connectivity index (χ0n) is 17.5. The Bertz CT molecular complexity index is 1380. The minimum atomic E-state index is -0.490. The molecule has 0 bridgehead atoms. The van der Waals surface area contributed by atoms with E-state index < -0.39 is 6.04 Å². The molecule has 0 fully saturated rings. The zero-order chi connectivity index (χ0) is 22.9. The molecule has 2 N–H and O–H groups in total. The van der Waals surface area contributed by atoms with E-state index in [9.17, 15) is 4.79 Å². The number of fused-ring (bicyclic) bond motifs is 1. The molecule has 0 spiro atoms. The summed E-state index contributed by atoms with van der Waals surface area (Å²) in [5.41, 5.74) is 3.52. The number of anilines is 2. The molecule has 7 nitrogen and oxygen atoms in total. The van der Waals surface area contributed by atoms with Gasteiger partial charge < -0.3 is 10.6 Å². The van der Waals surface area contributed by atoms with Crippen molar-refractivity contribution in [2.24, 2.45) is 0 Å². The van der Waals surface area contributed by atoms with Crippen LogP contribution in [0.5, 0.6) is 0 Å². The first-order chi connectivity index (χ1) is 16.0. The third-order valence-electron chi connectivity index (χ3n) is 5.26. The predicted octanol–water partition coefficient (Wildman–Crippen LogP) is 5.68. The van der Waals surface area contributed by atoms with E-state index in [4.69, 9.17) is 16.7 Å². The Hall–Kier alpha value is -3.49. The van der Waals surface area contributed by atoms with E-state index in [1.807, 2.05) is 49.4 Å². The standard InChI is InChI=1S/C24H18BrClN6O/c1-14-20(23(33)29-19-9-4-10-27-13-19)21(15-5-2-7-17(25)11-15)32-24(28-14)30-22(31-32)16-6-3-8-18(26)12-16/h2-13,21H,1H3,(H,29,33)(H,28,30,31). The van der Waals surface area contributed by atoms with Crippen LogP contribution >= 0.6 is 27.5 Å². The maximum atomic E-state index is 13.5. The van der Waals surface area contributed by atoms with Crippen LogP contribution in [0.25, 0.3) is 11.4 Å². The normalized spacial score (nSPS) is 15.1. The minimum Gasteiger partial charge on any atom is -0.328 e. The number of carbonyl (C=O) groups excluding carboxylic acids is 1. The molecular formula is C24H18BrClN6O. The average molecular weight is 522 g/mol. The Labute approximate surface area is 203 Å². The van der Waals surface area contributed by atoms with Gasteiger partial charge in [0.15, 0.2) is 5.82 Å². The van der Waals surface area contributed by atoms with Gasteiger partial charge >= 0.3 is 0 Å². The number of nitrogens with zero attached hydrogens (tertiary/aromatic N) is 4. The summed E-state index contributed by atoms with van der Waals surface area (Å²) in [7, 11) is 0. The highest BCUT2D eigenvalue weighted by atomic mass is 79.9. The van der Waals surface area contributed by atoms with Crippen molar-refractivity contribution in [1.29, 1.82) is 0 Å². The number of pyridine rings is 1. The van der Waals surface area contributed by atoms with Gasteiger partial charge in [0.2, 0.25) is 5.95 Å². The van der Waals surface area contributed by atoms with Gasteiger partial charge in [-0.3, -0.25) is 9.78 Å². The molecule has 1 aliphatic heterocycles. The van der Waals surface area contributed by atoms with Crippen LogP contribution in [0, 0.1) is 0 Å². The topological polar surface area (TPSA) is 84.7 Å². The van der Waals surface area contributed by atoms with Crippen molar-refractivity contribution in [2.45, 2.75) is 13.0 Å². The lowest BCUT2D eigenvalue weighted by atomic mass is 9.95. The van der Waals surface area contributed by atoms with Gasteiger partial charge in [-0.15, -0.1) is 5.10 Å². The molecule has 1 aliphatic rings. The Morgan fingerprint density at radius 2 is 2.00 bits per heavy atom. The van der Waals surface area contributed by atoms with Crippen LogP contribution in [0.3, 0.4) is 0 Å². The summed E-state index contributed by atoms with van der Waals surface area (Å²) in [4.78, 5) is 22.2. The number of carbonyl (C=O) groups is 1. The molecule has 0 saturated carbocycles. The summed E-state index contributed by atoms with van der Waals surface area (Å²) in [6, 6.07) is 18.3. The number of nitrogens with one attached hydrogen (secondary N) is 2. The Kier molecular flexibility index (Phi) is 5.70. The van der Waals surface area contributed by atoms with Crippen molar-refractivity contribution in [1.82, 2.24) is 19.7 Å². The van der Waals surface area contributed by atoms with Gasteiger partial charge in [0.1, 0.15) is 6.04 Å². The average Bonchev–Trinajstić information content (AvgIpc) is 3.22. The first kappa shape index (κ1) is 21.4. The number of hydrogen-bond acceptors (Lipinski definition) is 5. The third kappa shape index (κ3) is 4.27. The molecule has 0 saturated heterocycles. The number of rotatable bonds is 4. The highest BCUT2D eigenvalue weighted by molar-refractivity contribution is 9.10. The fraction of sp³-hybridized carbons (Fsp3) is 0.0833. The number of hydrogen-bond donors (Lipinski definition) is 2. The van der Waals surface area contributed by atoms with Crippen LogP contribution in [0.4, 0.5) is 11.6 Å². The summed E-state index contributed by atoms with van der Waals surface area (Å²) in [6.07, 6.45) is 3.27. The van der Waals surface area contributed by atoms with Crippen LogP contribution in [-0.2, 0) is 4.79 Å². The van der Waals surface area contributed by atoms with Crippen LogP contribution in [0.1, 0.15) is 18.5 Å². The quantitative estimate of drug-likeness (QED) is 0.361. The van der Waals surface area contributed by atoms with Crippen molar-refractivity contribution in [3.8, 4) is 11.4 Å². The smallest absolute Gasteiger partial charge is 0.255 e. The summed E-state index contributed by atoms with van der Waals surface area (Å²) in [6.45, 7) is 1.86. The lowest BCUT2D eigenvalue weighted by molar-refractivity contribution is -0.113. The van der Waals surface area contributed by atoms with Crippen LogP contribution in [0.15, 0.2) is 88.8 Å². The van der Waals surface area contributed by atoms with Crippen molar-refractivity contribution < 1.29 is 4.79 Å². The Morgan fingerprint density at radius 1 is 1.15 bits per heavy atom. The molecule has 4 aromatic rings. The summed E-state index contributed by atoms with van der Waals surface area (Å²) in [5, 5.41) is 11.6. The van der Waals surface area contributed by atoms with Gasteiger partial charge in [0, 0.05) is 27.0 Å². The molecule has 5 rings (SSSR count). The first-order valence-corrected chi connectivity index (χ1v) is 11.3. The molecule has 9 heteroatoms. The number of aromatic nitrogens is 4. The maximum absolute atomic E-state index is 13.5. The molecule has 3 heterocycles. The first-order valence-electron chi connectivity index (χ1n) is 10.2. The van der Waals surface area contributed by atoms with Crippen molar-refractivity contribution >= 4 is 45.1 Å². The molecule has 2 aromatic heterocycles. The van der Waals surface area contributed by atoms with Gasteiger partial charge in [-0.1, -0.05) is 51.8 Å². The van der Waals surface area contributed by atoms with Crippen LogP contribution in [0.2, 0.25) is 5.02 Å². The molecule has 1 amide bonds. The molecule has 33 heavy (non-hydrogen) atoms. The lowest BCUT2D eigenvalue weighted by Gasteiger charge is -2.28. The van der Waals surface area contributed by atoms with Crippen LogP contribution < -0.4 is 10.6 Å². The fourth-order valence-electron chi connectivity index (χ4n) is 3.81. The second-order valence-corrected chi connectivity index (χ2v) is 8.88. The van der Waals surface area contributed by atoms with E-state index in [1.165, 1.54) is 0 Å². The molecule has 1 unspecified atom stereocenters. The SMILES string of the molecule is CC1=C(C(=O)Nc2cccnc2)C(c2cccc(Br)c2)n2nc(-c3cccc(Cl)c3)nc2N1. The van der Waals surface area contributed by atoms with Gasteiger partial charge in [0.25, 0.3) is 5.91 Å². The Balaban J connectivity index is 1.62. The molecule has 1 atom stereocenters. The number of allylic oxidation sites excluding steroid dienone is 1. The summed E-state index contributed by atoms with van der Waals surface area (Å²) >= 11 is 9.72. The molecule has 164 valence electrons. The van der Waals surface area contributed by atoms with E-state index in [1.54, 1.807) is 35.3 Å². The van der Waals surface area contributed by atoms with E-state index in [0.717, 1.165) is 15.6 Å². The largest absolute Gasteiger partial charge is 0.328 e. The molecule has 0 radical (unpaired) electrons. The monoisotopic (exact) mass is 520 g/mol. The van der Waals surface area contributed by atoms with E-state index in [0.29, 0.717) is 33.8 Å².